The van der Waals surface area contributed by atoms with Gasteiger partial charge in [-0.25, -0.2) is 14.5 Å². The van der Waals surface area contributed by atoms with Crippen LogP contribution in [0.4, 0.5) is 5.82 Å². The van der Waals surface area contributed by atoms with Gasteiger partial charge in [0.25, 0.3) is 0 Å². The van der Waals surface area contributed by atoms with E-state index >= 15 is 0 Å². The molecule has 0 radical (unpaired) electrons. The first-order valence-corrected chi connectivity index (χ1v) is 16.5. The average molecular weight is 646 g/mol. The number of nitrogen functional groups attached to an aromatic ring is 1. The smallest absolute Gasteiger partial charge is 0.459 e. The number of hydrogen-bond donors (Lipinski definition) is 2. The molecule has 0 unspecified atom stereocenters. The number of hydrogen-bond acceptors (Lipinski definition) is 9. The topological polar surface area (TPSA) is 140 Å². The lowest BCUT2D eigenvalue weighted by Crippen LogP contribution is -2.44. The lowest BCUT2D eigenvalue weighted by atomic mass is 10.1. The Labute approximate surface area is 263 Å². The molecule has 0 bridgehead atoms. The summed E-state index contributed by atoms with van der Waals surface area (Å²) in [6.07, 6.45) is -0.718. The van der Waals surface area contributed by atoms with Crippen LogP contribution in [0.2, 0.25) is 5.02 Å². The van der Waals surface area contributed by atoms with Crippen LogP contribution >= 0.6 is 19.3 Å². The Morgan fingerprint density at radius 2 is 1.84 bits per heavy atom. The van der Waals surface area contributed by atoms with E-state index in [9.17, 15) is 9.36 Å². The van der Waals surface area contributed by atoms with E-state index in [-0.39, 0.29) is 30.6 Å². The zero-order chi connectivity index (χ0) is 32.2. The summed E-state index contributed by atoms with van der Waals surface area (Å²) >= 11 is 6.19. The summed E-state index contributed by atoms with van der Waals surface area (Å²) in [4.78, 5) is 22.5. The van der Waals surface area contributed by atoms with Gasteiger partial charge in [-0.1, -0.05) is 49.7 Å². The number of esters is 1. The molecule has 2 aromatic carbocycles. The van der Waals surface area contributed by atoms with E-state index in [4.69, 9.17) is 40.8 Å². The van der Waals surface area contributed by atoms with Crippen molar-refractivity contribution >= 4 is 53.1 Å². The van der Waals surface area contributed by atoms with Crippen molar-refractivity contribution in [2.75, 3.05) is 12.3 Å². The molecular formula is C31H41ClN5O6P. The second-order valence-corrected chi connectivity index (χ2v) is 13.9. The number of carbonyl (C=O) groups is 1. The normalized spacial score (nSPS) is 14.9. The minimum Gasteiger partial charge on any atom is -0.459 e. The van der Waals surface area contributed by atoms with Crippen molar-refractivity contribution < 1.29 is 27.9 Å². The van der Waals surface area contributed by atoms with Crippen molar-refractivity contribution in [3.05, 3.63) is 59.4 Å². The number of nitrogens with two attached hydrogens (primary N) is 1. The summed E-state index contributed by atoms with van der Waals surface area (Å²) < 4.78 is 40.0. The fraction of sp³-hybridized carbons (Fsp3) is 0.452. The number of nitrogens with zero attached hydrogens (tertiary/aromatic N) is 3. The highest BCUT2D eigenvalue weighted by molar-refractivity contribution is 7.52. The summed E-state index contributed by atoms with van der Waals surface area (Å²) in [7, 11) is -4.23. The molecule has 4 aromatic rings. The third-order valence-electron chi connectivity index (χ3n) is 6.53. The quantitative estimate of drug-likeness (QED) is 0.116. The minimum absolute atomic E-state index is 0.204. The van der Waals surface area contributed by atoms with Gasteiger partial charge >= 0.3 is 13.7 Å². The molecule has 11 nitrogen and oxygen atoms in total. The van der Waals surface area contributed by atoms with Gasteiger partial charge in [0, 0.05) is 17.0 Å². The maximum Gasteiger partial charge on any atom is 0.459 e. The van der Waals surface area contributed by atoms with Crippen molar-refractivity contribution in [2.45, 2.75) is 79.4 Å². The predicted octanol–water partition coefficient (Wildman–Crippen LogP) is 6.90. The van der Waals surface area contributed by atoms with E-state index in [1.165, 1.54) is 6.07 Å². The lowest BCUT2D eigenvalue weighted by molar-refractivity contribution is -0.158. The van der Waals surface area contributed by atoms with Crippen LogP contribution in [0, 0.1) is 5.92 Å². The highest BCUT2D eigenvalue weighted by Gasteiger charge is 2.39. The molecule has 4 rings (SSSR count). The number of nitrogens with one attached hydrogen (secondary N) is 1. The summed E-state index contributed by atoms with van der Waals surface area (Å²) in [6, 6.07) is 13.1. The Bertz CT molecular complexity index is 1670. The molecule has 0 fully saturated rings. The molecule has 13 heteroatoms. The van der Waals surface area contributed by atoms with Gasteiger partial charge < -0.3 is 24.3 Å². The molecule has 3 atom stereocenters. The van der Waals surface area contributed by atoms with Crippen molar-refractivity contribution in [3.63, 3.8) is 0 Å². The van der Waals surface area contributed by atoms with Gasteiger partial charge in [0.1, 0.15) is 35.3 Å². The number of pyridine rings is 1. The van der Waals surface area contributed by atoms with E-state index in [1.807, 2.05) is 49.6 Å². The van der Waals surface area contributed by atoms with Crippen LogP contribution in [0.15, 0.2) is 48.5 Å². The predicted molar refractivity (Wildman–Crippen MR) is 173 cm³/mol. The van der Waals surface area contributed by atoms with E-state index in [2.05, 4.69) is 10.1 Å². The number of benzene rings is 2. The second kappa shape index (κ2) is 13.8. The fourth-order valence-corrected chi connectivity index (χ4v) is 6.70. The molecule has 0 spiro atoms. The maximum absolute atomic E-state index is 14.5. The first-order chi connectivity index (χ1) is 20.7. The van der Waals surface area contributed by atoms with E-state index in [0.717, 1.165) is 10.9 Å². The molecule has 0 aliphatic heterocycles. The van der Waals surface area contributed by atoms with Gasteiger partial charge in [-0.15, -0.1) is 0 Å². The maximum atomic E-state index is 14.5. The number of fused-ring (bicyclic) bond motifs is 3. The van der Waals surface area contributed by atoms with Crippen molar-refractivity contribution in [1.82, 2.24) is 19.6 Å². The van der Waals surface area contributed by atoms with Gasteiger partial charge in [0.15, 0.2) is 5.82 Å². The largest absolute Gasteiger partial charge is 0.459 e. The van der Waals surface area contributed by atoms with Crippen LogP contribution in [0.5, 0.6) is 5.75 Å². The van der Waals surface area contributed by atoms with Crippen LogP contribution in [-0.4, -0.2) is 44.9 Å². The standard InChI is InChI=1S/C31H41ClN5O6P/c1-8-40-18-25-35-27-28(23-14-9-10-15-24(23)34-29(27)33)37(25)17-20(4)42-44(39,43-22-13-11-12-21(32)16-22)36-26(19(2)3)30(38)41-31(5,6)7/h9-16,19-20,26H,8,17-18H2,1-7H3,(H2,33,34)(H,36,39)/t20-,26+,44+/m1/s1. The first kappa shape index (κ1) is 33.7. The molecule has 0 aliphatic carbocycles. The lowest BCUT2D eigenvalue weighted by Gasteiger charge is -2.30. The summed E-state index contributed by atoms with van der Waals surface area (Å²) in [5.41, 5.74) is 7.58. The van der Waals surface area contributed by atoms with Crippen LogP contribution in [0.25, 0.3) is 21.9 Å². The molecule has 3 N–H and O–H groups in total. The Balaban J connectivity index is 1.73. The molecule has 0 aliphatic rings. The Morgan fingerprint density at radius 3 is 2.50 bits per heavy atom. The molecule has 0 saturated carbocycles. The van der Waals surface area contributed by atoms with Crippen molar-refractivity contribution in [3.8, 4) is 5.75 Å². The molecule has 0 saturated heterocycles. The second-order valence-electron chi connectivity index (χ2n) is 11.8. The highest BCUT2D eigenvalue weighted by atomic mass is 35.5. The number of para-hydroxylation sites is 1. The van der Waals surface area contributed by atoms with Gasteiger partial charge in [-0.3, -0.25) is 9.32 Å². The summed E-state index contributed by atoms with van der Waals surface area (Å²) in [5.74, 6) is 0.222. The number of rotatable bonds is 13. The minimum atomic E-state index is -4.23. The molecule has 0 amide bonds. The third-order valence-corrected chi connectivity index (χ3v) is 8.45. The molecular weight excluding hydrogens is 605 g/mol. The Hall–Kier alpha value is -3.21. The monoisotopic (exact) mass is 645 g/mol. The van der Waals surface area contributed by atoms with Crippen molar-refractivity contribution in [2.24, 2.45) is 5.92 Å². The van der Waals surface area contributed by atoms with Crippen LogP contribution in [0.1, 0.15) is 54.3 Å². The first-order valence-electron chi connectivity index (χ1n) is 14.5. The van der Waals surface area contributed by atoms with Gasteiger partial charge in [0.05, 0.1) is 23.7 Å². The molecule has 2 aromatic heterocycles. The van der Waals surface area contributed by atoms with Crippen molar-refractivity contribution in [1.29, 1.82) is 0 Å². The van der Waals surface area contributed by atoms with Crippen LogP contribution in [-0.2, 0) is 36.5 Å². The Morgan fingerprint density at radius 1 is 1.11 bits per heavy atom. The van der Waals surface area contributed by atoms with Crippen LogP contribution in [0.3, 0.4) is 0 Å². The molecule has 44 heavy (non-hydrogen) atoms. The third kappa shape index (κ3) is 8.28. The molecule has 2 heterocycles. The molecule has 238 valence electrons. The number of ether oxygens (including phenoxy) is 2. The van der Waals surface area contributed by atoms with Gasteiger partial charge in [-0.05, 0) is 64.8 Å². The zero-order valence-corrected chi connectivity index (χ0v) is 27.8. The van der Waals surface area contributed by atoms with Gasteiger partial charge in [-0.2, -0.15) is 5.09 Å². The zero-order valence-electron chi connectivity index (χ0n) is 26.2. The van der Waals surface area contributed by atoms with Crippen LogP contribution < -0.4 is 15.3 Å². The van der Waals surface area contributed by atoms with E-state index in [0.29, 0.717) is 28.5 Å². The summed E-state index contributed by atoms with van der Waals surface area (Å²) in [6.45, 7) is 13.5. The SMILES string of the molecule is CCOCc1nc2c(N)nc3ccccc3c2n1C[C@@H](C)O[P@@](=O)(N[C@H](C(=O)OC(C)(C)C)C(C)C)Oc1cccc(Cl)c1. The van der Waals surface area contributed by atoms with Gasteiger partial charge in [0.2, 0.25) is 0 Å². The average Bonchev–Trinajstić information content (AvgIpc) is 3.28. The highest BCUT2D eigenvalue weighted by Crippen LogP contribution is 2.47. The van der Waals surface area contributed by atoms with E-state index in [1.54, 1.807) is 45.9 Å². The Kier molecular flexibility index (Phi) is 10.6. The number of carbonyl (C=O) groups excluding carboxylic acids is 1. The van der Waals surface area contributed by atoms with E-state index < -0.39 is 31.5 Å². The number of aromatic nitrogens is 3. The number of imidazole rings is 1. The number of anilines is 1. The number of halogens is 1. The summed E-state index contributed by atoms with van der Waals surface area (Å²) in [5, 5.41) is 4.10. The fourth-order valence-electron chi connectivity index (χ4n) is 4.68.